The first-order valence-corrected chi connectivity index (χ1v) is 5.18. The summed E-state index contributed by atoms with van der Waals surface area (Å²) in [5, 5.41) is 9.36. The second-order valence-corrected chi connectivity index (χ2v) is 3.74. The Kier molecular flexibility index (Phi) is 2.84. The molecule has 2 amide bonds. The number of hydrogen-bond donors (Lipinski definition) is 2. The molecule has 2 N–H and O–H groups in total. The Balaban J connectivity index is 1.88. The quantitative estimate of drug-likeness (QED) is 0.751. The van der Waals surface area contributed by atoms with Gasteiger partial charge in [0, 0.05) is 13.1 Å². The lowest BCUT2D eigenvalue weighted by atomic mass is 10.3. The van der Waals surface area contributed by atoms with E-state index >= 15 is 0 Å². The topological polar surface area (TPSA) is 73.9 Å². The predicted molar refractivity (Wildman–Crippen MR) is 54.1 cm³/mol. The van der Waals surface area contributed by atoms with Crippen molar-refractivity contribution >= 4 is 6.03 Å². The molecule has 1 unspecified atom stereocenters. The summed E-state index contributed by atoms with van der Waals surface area (Å²) in [7, 11) is 0. The summed E-state index contributed by atoms with van der Waals surface area (Å²) in [5.74, 6) is 0.683. The number of H-pyrrole nitrogens is 1. The average Bonchev–Trinajstić information content (AvgIpc) is 2.91. The number of rotatable bonds is 2. The van der Waals surface area contributed by atoms with E-state index in [0.29, 0.717) is 5.82 Å². The minimum Gasteiger partial charge on any atom is -0.328 e. The highest BCUT2D eigenvalue weighted by Crippen LogP contribution is 2.10. The first-order valence-electron chi connectivity index (χ1n) is 5.18. The molecule has 15 heavy (non-hydrogen) atoms. The molecule has 82 valence electrons. The standard InChI is InChI=1S/C9H15N5O/c1-7(8-10-6-11-13-8)12-9(15)14-4-2-3-5-14/h6-7H,2-5H2,1H3,(H,12,15)(H,10,11,13). The van der Waals surface area contributed by atoms with E-state index in [9.17, 15) is 4.79 Å². The summed E-state index contributed by atoms with van der Waals surface area (Å²) < 4.78 is 0. The van der Waals surface area contributed by atoms with Gasteiger partial charge in [-0.15, -0.1) is 0 Å². The van der Waals surface area contributed by atoms with E-state index in [0.717, 1.165) is 25.9 Å². The van der Waals surface area contributed by atoms with E-state index in [1.54, 1.807) is 0 Å². The molecular formula is C9H15N5O. The number of aromatic nitrogens is 3. The van der Waals surface area contributed by atoms with Crippen LogP contribution >= 0.6 is 0 Å². The van der Waals surface area contributed by atoms with Gasteiger partial charge in [-0.25, -0.2) is 9.78 Å². The van der Waals surface area contributed by atoms with E-state index in [-0.39, 0.29) is 12.1 Å². The van der Waals surface area contributed by atoms with Crippen LogP contribution in [0.5, 0.6) is 0 Å². The van der Waals surface area contributed by atoms with Crippen molar-refractivity contribution in [3.63, 3.8) is 0 Å². The number of carbonyl (C=O) groups excluding carboxylic acids is 1. The lowest BCUT2D eigenvalue weighted by Gasteiger charge is -2.18. The summed E-state index contributed by atoms with van der Waals surface area (Å²) in [6.07, 6.45) is 3.64. The van der Waals surface area contributed by atoms with Gasteiger partial charge in [-0.2, -0.15) is 5.10 Å². The zero-order valence-electron chi connectivity index (χ0n) is 8.73. The fraction of sp³-hybridized carbons (Fsp3) is 0.667. The van der Waals surface area contributed by atoms with Crippen molar-refractivity contribution in [3.05, 3.63) is 12.2 Å². The molecule has 2 rings (SSSR count). The molecule has 0 saturated carbocycles. The summed E-state index contributed by atoms with van der Waals surface area (Å²) in [6.45, 7) is 3.60. The van der Waals surface area contributed by atoms with Gasteiger partial charge < -0.3 is 10.2 Å². The molecule has 6 nitrogen and oxygen atoms in total. The molecule has 1 fully saturated rings. The van der Waals surface area contributed by atoms with Gasteiger partial charge in [0.1, 0.15) is 12.2 Å². The molecule has 6 heteroatoms. The minimum atomic E-state index is -0.124. The Morgan fingerprint density at radius 2 is 2.33 bits per heavy atom. The van der Waals surface area contributed by atoms with Gasteiger partial charge in [0.2, 0.25) is 0 Å². The maximum atomic E-state index is 11.7. The van der Waals surface area contributed by atoms with Gasteiger partial charge in [-0.3, -0.25) is 5.10 Å². The number of amides is 2. The first kappa shape index (κ1) is 9.95. The van der Waals surface area contributed by atoms with Crippen molar-refractivity contribution in [2.45, 2.75) is 25.8 Å². The Morgan fingerprint density at radius 3 is 2.93 bits per heavy atom. The number of carbonyl (C=O) groups is 1. The van der Waals surface area contributed by atoms with Crippen LogP contribution in [0.25, 0.3) is 0 Å². The second kappa shape index (κ2) is 4.29. The Labute approximate surface area is 88.1 Å². The van der Waals surface area contributed by atoms with Crippen molar-refractivity contribution in [2.24, 2.45) is 0 Å². The number of nitrogens with one attached hydrogen (secondary N) is 2. The SMILES string of the molecule is CC(NC(=O)N1CCCC1)c1ncn[nH]1. The van der Waals surface area contributed by atoms with Crippen LogP contribution < -0.4 is 5.32 Å². The highest BCUT2D eigenvalue weighted by atomic mass is 16.2. The summed E-state index contributed by atoms with van der Waals surface area (Å²) in [6, 6.07) is -0.142. The number of hydrogen-bond acceptors (Lipinski definition) is 3. The first-order chi connectivity index (χ1) is 7.27. The molecule has 0 aromatic carbocycles. The Hall–Kier alpha value is -1.59. The van der Waals surface area contributed by atoms with Crippen molar-refractivity contribution < 1.29 is 4.79 Å². The molecule has 0 bridgehead atoms. The van der Waals surface area contributed by atoms with Crippen molar-refractivity contribution in [3.8, 4) is 0 Å². The second-order valence-electron chi connectivity index (χ2n) is 3.74. The van der Waals surface area contributed by atoms with Crippen molar-refractivity contribution in [2.75, 3.05) is 13.1 Å². The van der Waals surface area contributed by atoms with Crippen molar-refractivity contribution in [1.29, 1.82) is 0 Å². The van der Waals surface area contributed by atoms with Crippen LogP contribution in [0.15, 0.2) is 6.33 Å². The fourth-order valence-corrected chi connectivity index (χ4v) is 1.69. The average molecular weight is 209 g/mol. The summed E-state index contributed by atoms with van der Waals surface area (Å²) in [4.78, 5) is 17.5. The molecule has 0 radical (unpaired) electrons. The molecule has 1 aromatic heterocycles. The zero-order valence-corrected chi connectivity index (χ0v) is 8.73. The molecule has 2 heterocycles. The van der Waals surface area contributed by atoms with Crippen LogP contribution in [-0.2, 0) is 0 Å². The van der Waals surface area contributed by atoms with Crippen LogP contribution in [0, 0.1) is 0 Å². The highest BCUT2D eigenvalue weighted by Gasteiger charge is 2.20. The van der Waals surface area contributed by atoms with Gasteiger partial charge >= 0.3 is 6.03 Å². The van der Waals surface area contributed by atoms with Gasteiger partial charge in [0.25, 0.3) is 0 Å². The largest absolute Gasteiger partial charge is 0.328 e. The third-order valence-electron chi connectivity index (χ3n) is 2.58. The van der Waals surface area contributed by atoms with Crippen LogP contribution in [0.2, 0.25) is 0 Å². The summed E-state index contributed by atoms with van der Waals surface area (Å²) >= 11 is 0. The van der Waals surface area contributed by atoms with Crippen LogP contribution in [0.1, 0.15) is 31.6 Å². The lowest BCUT2D eigenvalue weighted by molar-refractivity contribution is 0.205. The normalized spacial score (nSPS) is 17.8. The monoisotopic (exact) mass is 209 g/mol. The lowest BCUT2D eigenvalue weighted by Crippen LogP contribution is -2.39. The molecule has 0 aliphatic carbocycles. The van der Waals surface area contributed by atoms with Crippen LogP contribution in [-0.4, -0.2) is 39.2 Å². The molecular weight excluding hydrogens is 194 g/mol. The van der Waals surface area contributed by atoms with E-state index in [1.165, 1.54) is 6.33 Å². The third kappa shape index (κ3) is 2.26. The molecule has 1 atom stereocenters. The van der Waals surface area contributed by atoms with Crippen LogP contribution in [0.4, 0.5) is 4.79 Å². The molecule has 1 aliphatic heterocycles. The van der Waals surface area contributed by atoms with Crippen LogP contribution in [0.3, 0.4) is 0 Å². The number of nitrogens with zero attached hydrogens (tertiary/aromatic N) is 3. The van der Waals surface area contributed by atoms with E-state index < -0.39 is 0 Å². The molecule has 0 spiro atoms. The van der Waals surface area contributed by atoms with Gasteiger partial charge in [-0.1, -0.05) is 0 Å². The third-order valence-corrected chi connectivity index (χ3v) is 2.58. The number of likely N-dealkylation sites (tertiary alicyclic amines) is 1. The molecule has 1 saturated heterocycles. The van der Waals surface area contributed by atoms with Gasteiger partial charge in [-0.05, 0) is 19.8 Å². The maximum Gasteiger partial charge on any atom is 0.317 e. The van der Waals surface area contributed by atoms with Gasteiger partial charge in [0.15, 0.2) is 0 Å². The fourth-order valence-electron chi connectivity index (χ4n) is 1.69. The molecule has 1 aromatic rings. The zero-order chi connectivity index (χ0) is 10.7. The van der Waals surface area contributed by atoms with E-state index in [2.05, 4.69) is 20.5 Å². The predicted octanol–water partition coefficient (Wildman–Crippen LogP) is 0.671. The maximum absolute atomic E-state index is 11.7. The van der Waals surface area contributed by atoms with Crippen molar-refractivity contribution in [1.82, 2.24) is 25.4 Å². The van der Waals surface area contributed by atoms with E-state index in [4.69, 9.17) is 0 Å². The Bertz CT molecular complexity index is 317. The number of urea groups is 1. The number of aromatic amines is 1. The van der Waals surface area contributed by atoms with E-state index in [1.807, 2.05) is 11.8 Å². The smallest absolute Gasteiger partial charge is 0.317 e. The summed E-state index contributed by atoms with van der Waals surface area (Å²) in [5.41, 5.74) is 0. The highest BCUT2D eigenvalue weighted by molar-refractivity contribution is 5.74. The minimum absolute atomic E-state index is 0.0172. The van der Waals surface area contributed by atoms with Gasteiger partial charge in [0.05, 0.1) is 6.04 Å². The Morgan fingerprint density at radius 1 is 1.60 bits per heavy atom. The molecule has 1 aliphatic rings.